The fourth-order valence-electron chi connectivity index (χ4n) is 1.43. The number of hydrogen-bond acceptors (Lipinski definition) is 2. The van der Waals surface area contributed by atoms with E-state index in [9.17, 15) is 4.39 Å². The quantitative estimate of drug-likeness (QED) is 0.858. The average molecular weight is 225 g/mol. The Morgan fingerprint density at radius 2 is 2.00 bits per heavy atom. The van der Waals surface area contributed by atoms with Crippen LogP contribution in [-0.2, 0) is 0 Å². The van der Waals surface area contributed by atoms with Crippen LogP contribution in [0.4, 0.5) is 4.39 Å². The van der Waals surface area contributed by atoms with Crippen molar-refractivity contribution < 1.29 is 9.13 Å². The Bertz CT molecular complexity index is 357. The Morgan fingerprint density at radius 1 is 1.38 bits per heavy atom. The molecule has 0 bridgehead atoms. The van der Waals surface area contributed by atoms with Gasteiger partial charge in [0.05, 0.1) is 0 Å². The number of rotatable bonds is 3. The maximum atomic E-state index is 13.1. The summed E-state index contributed by atoms with van der Waals surface area (Å²) in [6.07, 6.45) is -0.0719. The molecule has 0 amide bonds. The van der Waals surface area contributed by atoms with Gasteiger partial charge in [-0.3, -0.25) is 0 Å². The highest BCUT2D eigenvalue weighted by Crippen LogP contribution is 2.25. The van der Waals surface area contributed by atoms with Crippen molar-refractivity contribution in [1.29, 1.82) is 0 Å². The lowest BCUT2D eigenvalue weighted by Crippen LogP contribution is -2.38. The topological polar surface area (TPSA) is 35.2 Å². The normalized spacial score (nSPS) is 13.6. The molecule has 0 fully saturated rings. The Balaban J connectivity index is 2.83. The van der Waals surface area contributed by atoms with Crippen LogP contribution in [0.25, 0.3) is 0 Å². The Kier molecular flexibility index (Phi) is 3.92. The van der Waals surface area contributed by atoms with Gasteiger partial charge in [-0.25, -0.2) is 4.39 Å². The van der Waals surface area contributed by atoms with Crippen molar-refractivity contribution in [3.8, 4) is 5.75 Å². The molecule has 1 aromatic rings. The van der Waals surface area contributed by atoms with Crippen molar-refractivity contribution in [3.63, 3.8) is 0 Å². The summed E-state index contributed by atoms with van der Waals surface area (Å²) in [4.78, 5) is 0. The van der Waals surface area contributed by atoms with E-state index >= 15 is 0 Å². The van der Waals surface area contributed by atoms with Crippen molar-refractivity contribution in [2.24, 2.45) is 11.1 Å². The van der Waals surface area contributed by atoms with Crippen LogP contribution < -0.4 is 10.5 Å². The third-order valence-electron chi connectivity index (χ3n) is 2.59. The lowest BCUT2D eigenvalue weighted by molar-refractivity contribution is 0.0940. The summed E-state index contributed by atoms with van der Waals surface area (Å²) in [7, 11) is 0. The number of ether oxygens (including phenoxy) is 1. The summed E-state index contributed by atoms with van der Waals surface area (Å²) in [6.45, 7) is 8.37. The van der Waals surface area contributed by atoms with E-state index in [0.717, 1.165) is 0 Å². The monoisotopic (exact) mass is 225 g/mol. The maximum absolute atomic E-state index is 13.1. The van der Waals surface area contributed by atoms with Gasteiger partial charge >= 0.3 is 0 Å². The van der Waals surface area contributed by atoms with E-state index in [1.165, 1.54) is 6.07 Å². The SMILES string of the molecule is Cc1cc(OC(CN)C(C)(C)C)ccc1F. The summed E-state index contributed by atoms with van der Waals surface area (Å²) >= 11 is 0. The zero-order valence-corrected chi connectivity index (χ0v) is 10.4. The molecule has 90 valence electrons. The Morgan fingerprint density at radius 3 is 2.44 bits per heavy atom. The second kappa shape index (κ2) is 4.83. The minimum Gasteiger partial charge on any atom is -0.489 e. The molecule has 1 atom stereocenters. The molecule has 2 N–H and O–H groups in total. The zero-order valence-electron chi connectivity index (χ0n) is 10.4. The minimum atomic E-state index is -0.215. The molecule has 16 heavy (non-hydrogen) atoms. The Hall–Kier alpha value is -1.09. The summed E-state index contributed by atoms with van der Waals surface area (Å²) in [5.41, 5.74) is 6.23. The van der Waals surface area contributed by atoms with Crippen LogP contribution in [0.3, 0.4) is 0 Å². The van der Waals surface area contributed by atoms with E-state index in [1.54, 1.807) is 19.1 Å². The highest BCUT2D eigenvalue weighted by molar-refractivity contribution is 5.29. The van der Waals surface area contributed by atoms with Crippen LogP contribution in [0.5, 0.6) is 5.75 Å². The first-order chi connectivity index (χ1) is 7.34. The first-order valence-electron chi connectivity index (χ1n) is 5.47. The molecule has 0 saturated heterocycles. The molecular weight excluding hydrogens is 205 g/mol. The second-order valence-corrected chi connectivity index (χ2v) is 5.12. The van der Waals surface area contributed by atoms with Crippen molar-refractivity contribution >= 4 is 0 Å². The molecule has 0 aromatic heterocycles. The van der Waals surface area contributed by atoms with Crippen molar-refractivity contribution in [3.05, 3.63) is 29.6 Å². The van der Waals surface area contributed by atoms with Gasteiger partial charge in [0.15, 0.2) is 0 Å². The van der Waals surface area contributed by atoms with Crippen LogP contribution in [0, 0.1) is 18.2 Å². The van der Waals surface area contributed by atoms with Crippen molar-refractivity contribution in [1.82, 2.24) is 0 Å². The lowest BCUT2D eigenvalue weighted by atomic mass is 9.89. The van der Waals surface area contributed by atoms with Crippen molar-refractivity contribution in [2.75, 3.05) is 6.54 Å². The van der Waals surface area contributed by atoms with E-state index in [0.29, 0.717) is 17.9 Å². The molecule has 0 saturated carbocycles. The fourth-order valence-corrected chi connectivity index (χ4v) is 1.43. The smallest absolute Gasteiger partial charge is 0.126 e. The molecule has 1 unspecified atom stereocenters. The van der Waals surface area contributed by atoms with Gasteiger partial charge in [0.1, 0.15) is 17.7 Å². The molecule has 1 rings (SSSR count). The number of benzene rings is 1. The summed E-state index contributed by atoms with van der Waals surface area (Å²) in [5, 5.41) is 0. The van der Waals surface area contributed by atoms with Gasteiger partial charge in [0.2, 0.25) is 0 Å². The van der Waals surface area contributed by atoms with E-state index in [1.807, 2.05) is 0 Å². The standard InChI is InChI=1S/C13H20FNO/c1-9-7-10(5-6-11(9)14)16-12(8-15)13(2,3)4/h5-7,12H,8,15H2,1-4H3. The molecule has 0 aliphatic rings. The largest absolute Gasteiger partial charge is 0.489 e. The second-order valence-electron chi connectivity index (χ2n) is 5.12. The molecular formula is C13H20FNO. The minimum absolute atomic E-state index is 0.0307. The number of aryl methyl sites for hydroxylation is 1. The summed E-state index contributed by atoms with van der Waals surface area (Å²) in [5.74, 6) is 0.455. The Labute approximate surface area is 96.6 Å². The molecule has 0 spiro atoms. The average Bonchev–Trinajstić information content (AvgIpc) is 2.18. The molecule has 1 aromatic carbocycles. The predicted octanol–water partition coefficient (Wildman–Crippen LogP) is 2.89. The van der Waals surface area contributed by atoms with Crippen LogP contribution in [0.15, 0.2) is 18.2 Å². The number of nitrogens with two attached hydrogens (primary N) is 1. The highest BCUT2D eigenvalue weighted by Gasteiger charge is 2.25. The molecule has 0 radical (unpaired) electrons. The van der Waals surface area contributed by atoms with Gasteiger partial charge in [-0.2, -0.15) is 0 Å². The van der Waals surface area contributed by atoms with Crippen LogP contribution in [0.2, 0.25) is 0 Å². The lowest BCUT2D eigenvalue weighted by Gasteiger charge is -2.30. The highest BCUT2D eigenvalue weighted by atomic mass is 19.1. The number of hydrogen-bond donors (Lipinski definition) is 1. The number of halogens is 1. The van der Waals surface area contributed by atoms with E-state index in [2.05, 4.69) is 20.8 Å². The van der Waals surface area contributed by atoms with Gasteiger partial charge in [-0.15, -0.1) is 0 Å². The van der Waals surface area contributed by atoms with E-state index < -0.39 is 0 Å². The molecule has 0 aliphatic carbocycles. The van der Waals surface area contributed by atoms with Gasteiger partial charge in [0, 0.05) is 12.0 Å². The van der Waals surface area contributed by atoms with Crippen LogP contribution in [0.1, 0.15) is 26.3 Å². The molecule has 0 aliphatic heterocycles. The fraction of sp³-hybridized carbons (Fsp3) is 0.538. The first-order valence-corrected chi connectivity index (χ1v) is 5.47. The van der Waals surface area contributed by atoms with Crippen LogP contribution in [-0.4, -0.2) is 12.6 Å². The van der Waals surface area contributed by atoms with Gasteiger partial charge in [-0.1, -0.05) is 20.8 Å². The van der Waals surface area contributed by atoms with Crippen molar-refractivity contribution in [2.45, 2.75) is 33.8 Å². The zero-order chi connectivity index (χ0) is 12.3. The maximum Gasteiger partial charge on any atom is 0.126 e. The van der Waals surface area contributed by atoms with Gasteiger partial charge in [-0.05, 0) is 30.7 Å². The van der Waals surface area contributed by atoms with E-state index in [4.69, 9.17) is 10.5 Å². The third-order valence-corrected chi connectivity index (χ3v) is 2.59. The third kappa shape index (κ3) is 3.20. The summed E-state index contributed by atoms with van der Waals surface area (Å²) < 4.78 is 18.8. The van der Waals surface area contributed by atoms with Gasteiger partial charge < -0.3 is 10.5 Å². The summed E-state index contributed by atoms with van der Waals surface area (Å²) in [6, 6.07) is 4.75. The first kappa shape index (κ1) is 13.0. The van der Waals surface area contributed by atoms with Gasteiger partial charge in [0.25, 0.3) is 0 Å². The van der Waals surface area contributed by atoms with Crippen LogP contribution >= 0.6 is 0 Å². The molecule has 0 heterocycles. The molecule has 3 heteroatoms. The predicted molar refractivity (Wildman–Crippen MR) is 64.1 cm³/mol. The molecule has 2 nitrogen and oxygen atoms in total. The van der Waals surface area contributed by atoms with E-state index in [-0.39, 0.29) is 17.3 Å².